The number of nitrogens with one attached hydrogen (secondary N) is 2. The van der Waals surface area contributed by atoms with E-state index in [2.05, 4.69) is 22.8 Å². The lowest BCUT2D eigenvalue weighted by molar-refractivity contribution is -0.126. The summed E-state index contributed by atoms with van der Waals surface area (Å²) in [5.41, 5.74) is 3.33. The van der Waals surface area contributed by atoms with Crippen LogP contribution in [0.4, 0.5) is 0 Å². The van der Waals surface area contributed by atoms with E-state index in [9.17, 15) is 14.4 Å². The first-order valence-corrected chi connectivity index (χ1v) is 15.4. The van der Waals surface area contributed by atoms with E-state index in [0.29, 0.717) is 28.3 Å². The number of rotatable bonds is 18. The van der Waals surface area contributed by atoms with Crippen LogP contribution in [0.15, 0.2) is 65.8 Å². The highest BCUT2D eigenvalue weighted by molar-refractivity contribution is 6.30. The molecule has 0 spiro atoms. The van der Waals surface area contributed by atoms with E-state index in [4.69, 9.17) is 16.3 Å². The summed E-state index contributed by atoms with van der Waals surface area (Å²) in [6.45, 7) is 2.07. The van der Waals surface area contributed by atoms with Crippen molar-refractivity contribution in [3.8, 4) is 5.75 Å². The van der Waals surface area contributed by atoms with Gasteiger partial charge in [-0.2, -0.15) is 5.10 Å². The van der Waals surface area contributed by atoms with Crippen LogP contribution in [0.5, 0.6) is 5.75 Å². The zero-order valence-corrected chi connectivity index (χ0v) is 25.3. The molecule has 0 aliphatic rings. The molecule has 0 heterocycles. The zero-order valence-electron chi connectivity index (χ0n) is 24.5. The molecule has 3 rings (SSSR count). The number of ether oxygens (including phenoxy) is 1. The minimum Gasteiger partial charge on any atom is -0.422 e. The first-order valence-electron chi connectivity index (χ1n) is 15.1. The molecule has 0 aromatic heterocycles. The molecule has 2 N–H and O–H groups in total. The van der Waals surface area contributed by atoms with Gasteiger partial charge in [0.1, 0.15) is 5.75 Å². The van der Waals surface area contributed by atoms with Crippen molar-refractivity contribution in [2.24, 2.45) is 5.10 Å². The van der Waals surface area contributed by atoms with Gasteiger partial charge >= 0.3 is 5.97 Å². The highest BCUT2D eigenvalue weighted by Gasteiger charge is 2.14. The van der Waals surface area contributed by atoms with Crippen LogP contribution in [0.25, 0.3) is 10.8 Å². The minimum atomic E-state index is -0.541. The van der Waals surface area contributed by atoms with Gasteiger partial charge in [-0.1, -0.05) is 113 Å². The number of hydrogen-bond donors (Lipinski definition) is 2. The summed E-state index contributed by atoms with van der Waals surface area (Å²) in [6, 6.07) is 17.5. The van der Waals surface area contributed by atoms with Crippen LogP contribution in [0.2, 0.25) is 5.02 Å². The molecule has 7 nitrogen and oxygen atoms in total. The second kappa shape index (κ2) is 18.7. The van der Waals surface area contributed by atoms with Gasteiger partial charge in [-0.15, -0.1) is 0 Å². The van der Waals surface area contributed by atoms with Crippen LogP contribution in [0.1, 0.15) is 99.9 Å². The van der Waals surface area contributed by atoms with Gasteiger partial charge in [-0.3, -0.25) is 9.59 Å². The number of nitrogens with zero attached hydrogens (tertiary/aromatic N) is 1. The summed E-state index contributed by atoms with van der Waals surface area (Å²) in [7, 11) is 0. The highest BCUT2D eigenvalue weighted by Crippen LogP contribution is 2.27. The number of hydrogen-bond acceptors (Lipinski definition) is 5. The summed E-state index contributed by atoms with van der Waals surface area (Å²) >= 11 is 5.92. The molecular weight excluding hydrogens is 550 g/mol. The van der Waals surface area contributed by atoms with Crippen LogP contribution in [-0.4, -0.2) is 30.5 Å². The third-order valence-electron chi connectivity index (χ3n) is 7.05. The number of amides is 2. The van der Waals surface area contributed by atoms with Gasteiger partial charge in [0.05, 0.1) is 18.3 Å². The van der Waals surface area contributed by atoms with E-state index in [1.807, 2.05) is 30.3 Å². The normalized spacial score (nSPS) is 11.1. The van der Waals surface area contributed by atoms with Crippen LogP contribution in [0.3, 0.4) is 0 Å². The van der Waals surface area contributed by atoms with Crippen molar-refractivity contribution in [3.05, 3.63) is 76.8 Å². The molecule has 3 aromatic carbocycles. The fourth-order valence-electron chi connectivity index (χ4n) is 4.67. The van der Waals surface area contributed by atoms with Crippen LogP contribution >= 0.6 is 11.6 Å². The molecule has 0 aliphatic carbocycles. The van der Waals surface area contributed by atoms with Crippen molar-refractivity contribution in [3.63, 3.8) is 0 Å². The maximum atomic E-state index is 12.7. The summed E-state index contributed by atoms with van der Waals surface area (Å²) < 4.78 is 5.66. The molecule has 0 radical (unpaired) electrons. The Hall–Kier alpha value is -3.71. The molecule has 0 unspecified atom stereocenters. The van der Waals surface area contributed by atoms with Crippen molar-refractivity contribution in [2.45, 2.75) is 84.0 Å². The largest absolute Gasteiger partial charge is 0.422 e. The Bertz CT molecular complexity index is 1320. The summed E-state index contributed by atoms with van der Waals surface area (Å²) in [5, 5.41) is 8.97. The maximum Gasteiger partial charge on any atom is 0.343 e. The Morgan fingerprint density at radius 1 is 0.786 bits per heavy atom. The average Bonchev–Trinajstić information content (AvgIpc) is 3.00. The number of esters is 1. The number of unbranched alkanes of at least 4 members (excludes halogenated alkanes) is 10. The molecule has 0 bridgehead atoms. The molecule has 224 valence electrons. The van der Waals surface area contributed by atoms with Crippen LogP contribution < -0.4 is 15.5 Å². The van der Waals surface area contributed by atoms with Crippen molar-refractivity contribution in [1.82, 2.24) is 10.7 Å². The number of fused-ring (bicyclic) bond motifs is 1. The smallest absolute Gasteiger partial charge is 0.343 e. The minimum absolute atomic E-state index is 0.143. The first kappa shape index (κ1) is 32.8. The summed E-state index contributed by atoms with van der Waals surface area (Å²) in [5.74, 6) is -0.831. The maximum absolute atomic E-state index is 12.7. The Kier molecular flexibility index (Phi) is 14.6. The van der Waals surface area contributed by atoms with Gasteiger partial charge in [-0.05, 0) is 47.5 Å². The fraction of sp³-hybridized carbons (Fsp3) is 0.412. The molecule has 0 saturated carbocycles. The third-order valence-corrected chi connectivity index (χ3v) is 7.30. The van der Waals surface area contributed by atoms with E-state index in [0.717, 1.165) is 30.0 Å². The highest BCUT2D eigenvalue weighted by atomic mass is 35.5. The van der Waals surface area contributed by atoms with E-state index < -0.39 is 11.9 Å². The van der Waals surface area contributed by atoms with Crippen LogP contribution in [-0.2, 0) is 9.59 Å². The predicted octanol–water partition coefficient (Wildman–Crippen LogP) is 7.98. The van der Waals surface area contributed by atoms with Crippen molar-refractivity contribution < 1.29 is 19.1 Å². The zero-order chi connectivity index (χ0) is 30.0. The molecule has 0 atom stereocenters. The van der Waals surface area contributed by atoms with Crippen molar-refractivity contribution in [1.29, 1.82) is 0 Å². The molecule has 0 aliphatic heterocycles. The summed E-state index contributed by atoms with van der Waals surface area (Å²) in [4.78, 5) is 37.2. The lowest BCUT2D eigenvalue weighted by Crippen LogP contribution is -2.34. The lowest BCUT2D eigenvalue weighted by Gasteiger charge is -2.11. The Morgan fingerprint density at radius 2 is 1.43 bits per heavy atom. The molecule has 3 aromatic rings. The molecule has 0 fully saturated rings. The topological polar surface area (TPSA) is 96.9 Å². The van der Waals surface area contributed by atoms with Gasteiger partial charge < -0.3 is 10.1 Å². The van der Waals surface area contributed by atoms with E-state index in [1.165, 1.54) is 57.6 Å². The number of hydrazone groups is 1. The molecule has 2 amide bonds. The SMILES string of the molecule is CCCCCCCCCCCCCC(=O)NCC(=O)NN=Cc1c(OC(=O)c2ccc(Cl)cc2)ccc2ccccc12. The lowest BCUT2D eigenvalue weighted by atomic mass is 10.0. The molecule has 8 heteroatoms. The second-order valence-electron chi connectivity index (χ2n) is 10.5. The number of carbonyl (C=O) groups is 3. The van der Waals surface area contributed by atoms with E-state index >= 15 is 0 Å². The quantitative estimate of drug-likeness (QED) is 0.0515. The third kappa shape index (κ3) is 11.6. The number of carbonyl (C=O) groups excluding carboxylic acids is 3. The van der Waals surface area contributed by atoms with E-state index in [-0.39, 0.29) is 12.5 Å². The van der Waals surface area contributed by atoms with Gasteiger partial charge in [0.15, 0.2) is 0 Å². The van der Waals surface area contributed by atoms with E-state index in [1.54, 1.807) is 30.3 Å². The van der Waals surface area contributed by atoms with Gasteiger partial charge in [0.2, 0.25) is 5.91 Å². The monoisotopic (exact) mass is 591 g/mol. The Balaban J connectivity index is 1.42. The number of halogens is 1. The fourth-order valence-corrected chi connectivity index (χ4v) is 4.79. The van der Waals surface area contributed by atoms with Crippen LogP contribution in [0, 0.1) is 0 Å². The standard InChI is InChI=1S/C34H42ClN3O4/c1-2-3-4-5-6-7-8-9-10-11-12-17-32(39)36-25-33(40)38-37-24-30-29-16-14-13-15-26(29)20-23-31(30)42-34(41)27-18-21-28(35)22-19-27/h13-16,18-24H,2-12,17,25H2,1H3,(H,36,39)(H,38,40). The van der Waals surface area contributed by atoms with Gasteiger partial charge in [0, 0.05) is 17.0 Å². The first-order chi connectivity index (χ1) is 20.5. The Morgan fingerprint density at radius 3 is 2.12 bits per heavy atom. The van der Waals surface area contributed by atoms with Gasteiger partial charge in [0.25, 0.3) is 5.91 Å². The van der Waals surface area contributed by atoms with Crippen molar-refractivity contribution in [2.75, 3.05) is 6.54 Å². The van der Waals surface area contributed by atoms with Crippen molar-refractivity contribution >= 4 is 46.4 Å². The molecular formula is C34H42ClN3O4. The molecule has 0 saturated heterocycles. The average molecular weight is 592 g/mol. The van der Waals surface area contributed by atoms with Gasteiger partial charge in [-0.25, -0.2) is 10.2 Å². The second-order valence-corrected chi connectivity index (χ2v) is 10.9. The molecule has 42 heavy (non-hydrogen) atoms. The predicted molar refractivity (Wildman–Crippen MR) is 170 cm³/mol. The number of benzene rings is 3. The Labute approximate surface area is 254 Å². The summed E-state index contributed by atoms with van der Waals surface area (Å²) in [6.07, 6.45) is 15.3.